The van der Waals surface area contributed by atoms with E-state index in [9.17, 15) is 0 Å². The largest absolute Gasteiger partial charge is 0.494 e. The van der Waals surface area contributed by atoms with Crippen molar-refractivity contribution in [1.82, 2.24) is 9.88 Å². The summed E-state index contributed by atoms with van der Waals surface area (Å²) in [6, 6.07) is 7.91. The van der Waals surface area contributed by atoms with E-state index in [-0.39, 0.29) is 0 Å². The fourth-order valence-corrected chi connectivity index (χ4v) is 3.16. The molecule has 1 N–H and O–H groups in total. The molecule has 0 amide bonds. The summed E-state index contributed by atoms with van der Waals surface area (Å²) in [5, 5.41) is 2.01. The molecule has 6 nitrogen and oxygen atoms in total. The molecule has 0 atom stereocenters. The summed E-state index contributed by atoms with van der Waals surface area (Å²) < 4.78 is 23.2. The van der Waals surface area contributed by atoms with Gasteiger partial charge in [0, 0.05) is 18.0 Å². The first-order chi connectivity index (χ1) is 12.2. The minimum absolute atomic E-state index is 0.542. The van der Waals surface area contributed by atoms with Crippen LogP contribution in [-0.2, 0) is 0 Å². The highest BCUT2D eigenvalue weighted by Gasteiger charge is 2.23. The number of aromatic nitrogens is 1. The molecule has 0 aliphatic carbocycles. The lowest BCUT2D eigenvalue weighted by Crippen LogP contribution is -2.19. The monoisotopic (exact) mass is 342 g/mol. The number of rotatable bonds is 5. The van der Waals surface area contributed by atoms with Gasteiger partial charge >= 0.3 is 0 Å². The quantitative estimate of drug-likeness (QED) is 0.772. The lowest BCUT2D eigenvalue weighted by Gasteiger charge is -2.20. The van der Waals surface area contributed by atoms with Crippen LogP contribution >= 0.6 is 0 Å². The predicted molar refractivity (Wildman–Crippen MR) is 97.4 cm³/mol. The Labute approximate surface area is 146 Å². The number of aromatic amines is 1. The van der Waals surface area contributed by atoms with Gasteiger partial charge in [0.25, 0.3) is 0 Å². The van der Waals surface area contributed by atoms with Crippen LogP contribution in [0.15, 0.2) is 24.3 Å². The van der Waals surface area contributed by atoms with E-state index in [1.54, 1.807) is 7.11 Å². The lowest BCUT2D eigenvalue weighted by molar-refractivity contribution is 0.173. The van der Waals surface area contributed by atoms with Crippen molar-refractivity contribution in [3.63, 3.8) is 0 Å². The topological polar surface area (TPSA) is 56.0 Å². The van der Waals surface area contributed by atoms with Crippen molar-refractivity contribution in [3.05, 3.63) is 24.3 Å². The highest BCUT2D eigenvalue weighted by Crippen LogP contribution is 2.47. The molecule has 2 aromatic carbocycles. The summed E-state index contributed by atoms with van der Waals surface area (Å²) in [6.45, 7) is 2.56. The van der Waals surface area contributed by atoms with Crippen LogP contribution in [-0.4, -0.2) is 57.5 Å². The van der Waals surface area contributed by atoms with E-state index in [1.165, 1.54) is 0 Å². The maximum atomic E-state index is 5.99. The van der Waals surface area contributed by atoms with Crippen molar-refractivity contribution in [1.29, 1.82) is 0 Å². The highest BCUT2D eigenvalue weighted by molar-refractivity contribution is 6.14. The first kappa shape index (κ1) is 15.9. The van der Waals surface area contributed by atoms with E-state index in [0.29, 0.717) is 19.8 Å². The van der Waals surface area contributed by atoms with Crippen LogP contribution in [0.25, 0.3) is 21.8 Å². The number of nitrogens with zero attached hydrogens (tertiary/aromatic N) is 1. The minimum atomic E-state index is 0.542. The molecule has 1 aliphatic rings. The third-order valence-corrected chi connectivity index (χ3v) is 4.36. The first-order valence-corrected chi connectivity index (χ1v) is 8.37. The predicted octanol–water partition coefficient (Wildman–Crippen LogP) is 3.04. The Hall–Kier alpha value is -2.60. The summed E-state index contributed by atoms with van der Waals surface area (Å²) in [5.41, 5.74) is 1.84. The molecule has 1 aromatic heterocycles. The van der Waals surface area contributed by atoms with E-state index in [2.05, 4.69) is 16.0 Å². The van der Waals surface area contributed by atoms with Crippen molar-refractivity contribution in [2.75, 3.05) is 47.6 Å². The average Bonchev–Trinajstić information content (AvgIpc) is 3.01. The smallest absolute Gasteiger partial charge is 0.171 e. The Morgan fingerprint density at radius 3 is 2.76 bits per heavy atom. The average molecular weight is 342 g/mol. The first-order valence-electron chi connectivity index (χ1n) is 8.37. The van der Waals surface area contributed by atoms with Crippen molar-refractivity contribution in [2.24, 2.45) is 0 Å². The van der Waals surface area contributed by atoms with Gasteiger partial charge in [-0.15, -0.1) is 0 Å². The highest BCUT2D eigenvalue weighted by atomic mass is 16.6. The van der Waals surface area contributed by atoms with Crippen molar-refractivity contribution < 1.29 is 18.9 Å². The molecule has 0 spiro atoms. The van der Waals surface area contributed by atoms with Gasteiger partial charge in [0.1, 0.15) is 31.3 Å². The van der Waals surface area contributed by atoms with Crippen LogP contribution in [0.1, 0.15) is 0 Å². The van der Waals surface area contributed by atoms with Gasteiger partial charge in [-0.05, 0) is 20.2 Å². The summed E-state index contributed by atoms with van der Waals surface area (Å²) in [7, 11) is 5.72. The van der Waals surface area contributed by atoms with Gasteiger partial charge in [0.05, 0.1) is 23.5 Å². The van der Waals surface area contributed by atoms with Gasteiger partial charge in [-0.1, -0.05) is 12.1 Å². The molecule has 25 heavy (non-hydrogen) atoms. The van der Waals surface area contributed by atoms with Crippen LogP contribution in [0, 0.1) is 0 Å². The maximum absolute atomic E-state index is 5.99. The number of hydrogen-bond donors (Lipinski definition) is 1. The fourth-order valence-electron chi connectivity index (χ4n) is 3.16. The van der Waals surface area contributed by atoms with Gasteiger partial charge in [0.15, 0.2) is 11.5 Å². The number of para-hydroxylation sites is 1. The standard InChI is InChI=1S/C19H22N2O4/c1-21(2)7-8-23-13-6-4-5-12-16-18(20-17(12)13)14(22-3)11-15-19(16)25-10-9-24-15/h4-6,11,20H,7-10H2,1-3H3. The van der Waals surface area contributed by atoms with Crippen molar-refractivity contribution in [3.8, 4) is 23.0 Å². The molecule has 3 aromatic rings. The Balaban J connectivity index is 1.89. The third-order valence-electron chi connectivity index (χ3n) is 4.36. The lowest BCUT2D eigenvalue weighted by atomic mass is 10.1. The third kappa shape index (κ3) is 2.72. The van der Waals surface area contributed by atoms with E-state index in [4.69, 9.17) is 18.9 Å². The van der Waals surface area contributed by atoms with Gasteiger partial charge in [0.2, 0.25) is 0 Å². The molecule has 0 saturated heterocycles. The van der Waals surface area contributed by atoms with Crippen LogP contribution in [0.5, 0.6) is 23.0 Å². The number of hydrogen-bond acceptors (Lipinski definition) is 5. The molecule has 0 fully saturated rings. The Bertz CT molecular complexity index is 917. The Kier molecular flexibility index (Phi) is 4.05. The molecular formula is C19H22N2O4. The molecule has 4 rings (SSSR count). The van der Waals surface area contributed by atoms with Crippen LogP contribution in [0.3, 0.4) is 0 Å². The van der Waals surface area contributed by atoms with Gasteiger partial charge in [-0.25, -0.2) is 0 Å². The Morgan fingerprint density at radius 2 is 1.96 bits per heavy atom. The van der Waals surface area contributed by atoms with Gasteiger partial charge < -0.3 is 28.8 Å². The zero-order valence-corrected chi connectivity index (χ0v) is 14.7. The number of likely N-dealkylation sites (N-methyl/N-ethyl adjacent to an activating group) is 1. The molecule has 1 aliphatic heterocycles. The zero-order chi connectivity index (χ0) is 17.4. The Morgan fingerprint density at radius 1 is 1.12 bits per heavy atom. The second-order valence-corrected chi connectivity index (χ2v) is 6.31. The summed E-state index contributed by atoms with van der Waals surface area (Å²) in [5.74, 6) is 3.03. The molecule has 132 valence electrons. The van der Waals surface area contributed by atoms with Crippen LogP contribution < -0.4 is 18.9 Å². The van der Waals surface area contributed by atoms with Crippen LogP contribution in [0.2, 0.25) is 0 Å². The molecule has 0 unspecified atom stereocenters. The zero-order valence-electron chi connectivity index (χ0n) is 14.7. The normalized spacial score (nSPS) is 13.6. The number of methoxy groups -OCH3 is 1. The summed E-state index contributed by atoms with van der Waals surface area (Å²) in [6.07, 6.45) is 0. The van der Waals surface area contributed by atoms with E-state index in [0.717, 1.165) is 51.3 Å². The number of H-pyrrole nitrogens is 1. The number of benzene rings is 2. The van der Waals surface area contributed by atoms with Crippen LogP contribution in [0.4, 0.5) is 0 Å². The molecule has 6 heteroatoms. The number of fused-ring (bicyclic) bond motifs is 5. The van der Waals surface area contributed by atoms with Crippen molar-refractivity contribution >= 4 is 21.8 Å². The molecule has 0 radical (unpaired) electrons. The molecule has 0 saturated carbocycles. The molecule has 0 bridgehead atoms. The van der Waals surface area contributed by atoms with E-state index < -0.39 is 0 Å². The van der Waals surface area contributed by atoms with E-state index in [1.807, 2.05) is 32.3 Å². The summed E-state index contributed by atoms with van der Waals surface area (Å²) in [4.78, 5) is 5.55. The number of nitrogens with one attached hydrogen (secondary N) is 1. The minimum Gasteiger partial charge on any atom is -0.494 e. The molecule has 2 heterocycles. The SMILES string of the molecule is COc1cc2c(c3c1[nH]c1c(OCCN(C)C)cccc13)OCCO2. The maximum Gasteiger partial charge on any atom is 0.171 e. The second kappa shape index (κ2) is 6.37. The van der Waals surface area contributed by atoms with Crippen molar-refractivity contribution in [2.45, 2.75) is 0 Å². The summed E-state index contributed by atoms with van der Waals surface area (Å²) >= 11 is 0. The van der Waals surface area contributed by atoms with Gasteiger partial charge in [-0.3, -0.25) is 0 Å². The number of ether oxygens (including phenoxy) is 4. The van der Waals surface area contributed by atoms with Gasteiger partial charge in [-0.2, -0.15) is 0 Å². The van der Waals surface area contributed by atoms with E-state index >= 15 is 0 Å². The molecular weight excluding hydrogens is 320 g/mol. The fraction of sp³-hybridized carbons (Fsp3) is 0.368. The second-order valence-electron chi connectivity index (χ2n) is 6.31.